The van der Waals surface area contributed by atoms with E-state index in [4.69, 9.17) is 9.47 Å². The first-order valence-electron chi connectivity index (χ1n) is 5.06. The molecule has 0 aromatic carbocycles. The van der Waals surface area contributed by atoms with Gasteiger partial charge in [-0.05, 0) is 19.9 Å². The number of rotatable bonds is 1. The summed E-state index contributed by atoms with van der Waals surface area (Å²) in [6, 6.07) is 0. The van der Waals surface area contributed by atoms with Crippen molar-refractivity contribution < 1.29 is 9.47 Å². The molecule has 0 aliphatic carbocycles. The van der Waals surface area contributed by atoms with E-state index in [1.54, 1.807) is 0 Å². The summed E-state index contributed by atoms with van der Waals surface area (Å²) in [5.74, 6) is 0. The van der Waals surface area contributed by atoms with Crippen molar-refractivity contribution >= 4 is 0 Å². The van der Waals surface area contributed by atoms with Gasteiger partial charge < -0.3 is 14.4 Å². The number of nitrogens with zero attached hydrogens (tertiary/aromatic N) is 1. The number of likely N-dealkylation sites (tertiary alicyclic amines) is 1. The molecule has 0 radical (unpaired) electrons. The second kappa shape index (κ2) is 3.56. The SMILES string of the molecule is CO[C@H]1CCN(C)C[C@]12CCOC2. The van der Waals surface area contributed by atoms with Gasteiger partial charge in [0, 0.05) is 32.2 Å². The average Bonchev–Trinajstić information content (AvgIpc) is 2.54. The van der Waals surface area contributed by atoms with Gasteiger partial charge >= 0.3 is 0 Å². The maximum absolute atomic E-state index is 5.57. The molecule has 2 fully saturated rings. The van der Waals surface area contributed by atoms with Crippen LogP contribution in [-0.2, 0) is 9.47 Å². The fraction of sp³-hybridized carbons (Fsp3) is 1.00. The minimum Gasteiger partial charge on any atom is -0.381 e. The maximum Gasteiger partial charge on any atom is 0.0674 e. The average molecular weight is 185 g/mol. The molecule has 3 nitrogen and oxygen atoms in total. The summed E-state index contributed by atoms with van der Waals surface area (Å²) >= 11 is 0. The molecule has 0 bridgehead atoms. The van der Waals surface area contributed by atoms with E-state index in [2.05, 4.69) is 11.9 Å². The lowest BCUT2D eigenvalue weighted by Crippen LogP contribution is -2.51. The lowest BCUT2D eigenvalue weighted by atomic mass is 9.77. The van der Waals surface area contributed by atoms with Crippen LogP contribution in [0.2, 0.25) is 0 Å². The van der Waals surface area contributed by atoms with E-state index in [1.165, 1.54) is 0 Å². The quantitative estimate of drug-likeness (QED) is 0.601. The highest BCUT2D eigenvalue weighted by atomic mass is 16.5. The van der Waals surface area contributed by atoms with E-state index in [9.17, 15) is 0 Å². The lowest BCUT2D eigenvalue weighted by molar-refractivity contribution is -0.0664. The Balaban J connectivity index is 2.10. The van der Waals surface area contributed by atoms with Crippen molar-refractivity contribution in [3.63, 3.8) is 0 Å². The van der Waals surface area contributed by atoms with Gasteiger partial charge in [-0.2, -0.15) is 0 Å². The molecule has 2 saturated heterocycles. The zero-order chi connectivity index (χ0) is 9.31. The number of ether oxygens (including phenoxy) is 2. The second-order valence-corrected chi connectivity index (χ2v) is 4.42. The third kappa shape index (κ3) is 1.60. The Labute approximate surface area is 80.0 Å². The molecule has 0 unspecified atom stereocenters. The number of piperidine rings is 1. The Bertz CT molecular complexity index is 178. The predicted octanol–water partition coefficient (Wildman–Crippen LogP) is 0.744. The van der Waals surface area contributed by atoms with Crippen LogP contribution >= 0.6 is 0 Å². The Morgan fingerprint density at radius 2 is 2.38 bits per heavy atom. The molecule has 13 heavy (non-hydrogen) atoms. The van der Waals surface area contributed by atoms with Gasteiger partial charge in [0.05, 0.1) is 12.7 Å². The Kier molecular flexibility index (Phi) is 2.58. The standard InChI is InChI=1S/C10H19NO2/c1-11-5-3-9(12-2)10(7-11)4-6-13-8-10/h9H,3-8H2,1-2H3/t9-,10-/m0/s1. The van der Waals surface area contributed by atoms with E-state index in [0.717, 1.165) is 39.1 Å². The molecular weight excluding hydrogens is 166 g/mol. The molecule has 2 heterocycles. The van der Waals surface area contributed by atoms with Crippen molar-refractivity contribution in [2.75, 3.05) is 40.5 Å². The van der Waals surface area contributed by atoms with Gasteiger partial charge in [-0.25, -0.2) is 0 Å². The number of hydrogen-bond donors (Lipinski definition) is 0. The Hall–Kier alpha value is -0.120. The van der Waals surface area contributed by atoms with Gasteiger partial charge in [0.15, 0.2) is 0 Å². The third-order valence-electron chi connectivity index (χ3n) is 3.46. The summed E-state index contributed by atoms with van der Waals surface area (Å²) in [6.45, 7) is 4.08. The van der Waals surface area contributed by atoms with Crippen LogP contribution in [0.15, 0.2) is 0 Å². The van der Waals surface area contributed by atoms with Crippen molar-refractivity contribution in [1.29, 1.82) is 0 Å². The zero-order valence-corrected chi connectivity index (χ0v) is 8.58. The van der Waals surface area contributed by atoms with E-state index in [1.807, 2.05) is 7.11 Å². The Morgan fingerprint density at radius 3 is 3.00 bits per heavy atom. The molecule has 0 N–H and O–H groups in total. The summed E-state index contributed by atoms with van der Waals surface area (Å²) < 4.78 is 11.1. The molecule has 0 saturated carbocycles. The normalized spacial score (nSPS) is 41.5. The first-order chi connectivity index (χ1) is 6.27. The van der Waals surface area contributed by atoms with Crippen LogP contribution < -0.4 is 0 Å². The molecule has 76 valence electrons. The highest BCUT2D eigenvalue weighted by Crippen LogP contribution is 2.38. The first kappa shape index (κ1) is 9.44. The van der Waals surface area contributed by atoms with Crippen LogP contribution in [-0.4, -0.2) is 51.5 Å². The molecule has 0 amide bonds. The number of methoxy groups -OCH3 is 1. The lowest BCUT2D eigenvalue weighted by Gasteiger charge is -2.43. The van der Waals surface area contributed by atoms with E-state index in [-0.39, 0.29) is 0 Å². The van der Waals surface area contributed by atoms with Crippen molar-refractivity contribution in [3.8, 4) is 0 Å². The fourth-order valence-corrected chi connectivity index (χ4v) is 2.73. The summed E-state index contributed by atoms with van der Waals surface area (Å²) in [5, 5.41) is 0. The zero-order valence-electron chi connectivity index (χ0n) is 8.58. The smallest absolute Gasteiger partial charge is 0.0674 e. The van der Waals surface area contributed by atoms with Crippen LogP contribution in [0.1, 0.15) is 12.8 Å². The molecule has 2 aliphatic heterocycles. The van der Waals surface area contributed by atoms with Crippen LogP contribution in [0.4, 0.5) is 0 Å². The highest BCUT2D eigenvalue weighted by Gasteiger charge is 2.45. The Morgan fingerprint density at radius 1 is 1.54 bits per heavy atom. The minimum atomic E-state index is 0.293. The number of hydrogen-bond acceptors (Lipinski definition) is 3. The molecule has 0 aromatic rings. The predicted molar refractivity (Wildman–Crippen MR) is 50.8 cm³/mol. The monoisotopic (exact) mass is 185 g/mol. The molecule has 2 aliphatic rings. The van der Waals surface area contributed by atoms with Gasteiger partial charge in [-0.1, -0.05) is 0 Å². The van der Waals surface area contributed by atoms with E-state index >= 15 is 0 Å². The van der Waals surface area contributed by atoms with Crippen molar-refractivity contribution in [1.82, 2.24) is 4.90 Å². The minimum absolute atomic E-state index is 0.293. The first-order valence-corrected chi connectivity index (χ1v) is 5.06. The van der Waals surface area contributed by atoms with Crippen molar-refractivity contribution in [2.24, 2.45) is 5.41 Å². The summed E-state index contributed by atoms with van der Waals surface area (Å²) in [6.07, 6.45) is 2.72. The van der Waals surface area contributed by atoms with Crippen LogP contribution in [0.5, 0.6) is 0 Å². The second-order valence-electron chi connectivity index (χ2n) is 4.42. The third-order valence-corrected chi connectivity index (χ3v) is 3.46. The molecular formula is C10H19NO2. The fourth-order valence-electron chi connectivity index (χ4n) is 2.73. The van der Waals surface area contributed by atoms with Crippen molar-refractivity contribution in [3.05, 3.63) is 0 Å². The van der Waals surface area contributed by atoms with E-state index in [0.29, 0.717) is 11.5 Å². The van der Waals surface area contributed by atoms with Gasteiger partial charge in [-0.15, -0.1) is 0 Å². The van der Waals surface area contributed by atoms with Gasteiger partial charge in [0.1, 0.15) is 0 Å². The molecule has 1 spiro atoms. The molecule has 2 rings (SSSR count). The molecule has 3 heteroatoms. The molecule has 0 aromatic heterocycles. The molecule has 2 atom stereocenters. The van der Waals surface area contributed by atoms with Crippen LogP contribution in [0.25, 0.3) is 0 Å². The largest absolute Gasteiger partial charge is 0.381 e. The summed E-state index contributed by atoms with van der Waals surface area (Å²) in [4.78, 5) is 2.39. The van der Waals surface area contributed by atoms with Crippen molar-refractivity contribution in [2.45, 2.75) is 18.9 Å². The van der Waals surface area contributed by atoms with Crippen LogP contribution in [0.3, 0.4) is 0 Å². The summed E-state index contributed by atoms with van der Waals surface area (Å²) in [5.41, 5.74) is 0.293. The summed E-state index contributed by atoms with van der Waals surface area (Å²) in [7, 11) is 4.02. The topological polar surface area (TPSA) is 21.7 Å². The maximum atomic E-state index is 5.57. The highest BCUT2D eigenvalue weighted by molar-refractivity contribution is 4.96. The van der Waals surface area contributed by atoms with Gasteiger partial charge in [0.25, 0.3) is 0 Å². The van der Waals surface area contributed by atoms with E-state index < -0.39 is 0 Å². The van der Waals surface area contributed by atoms with Crippen LogP contribution in [0, 0.1) is 5.41 Å². The van der Waals surface area contributed by atoms with Gasteiger partial charge in [-0.3, -0.25) is 0 Å². The van der Waals surface area contributed by atoms with Gasteiger partial charge in [0.2, 0.25) is 0 Å².